The van der Waals surface area contributed by atoms with Crippen molar-refractivity contribution in [2.75, 3.05) is 7.11 Å². The van der Waals surface area contributed by atoms with Gasteiger partial charge in [0.1, 0.15) is 6.04 Å². The third kappa shape index (κ3) is 5.83. The van der Waals surface area contributed by atoms with Gasteiger partial charge < -0.3 is 20.5 Å². The van der Waals surface area contributed by atoms with Gasteiger partial charge >= 0.3 is 0 Å². The minimum absolute atomic E-state index is 0.318. The fourth-order valence-corrected chi connectivity index (χ4v) is 1.98. The standard InChI is InChI=1S/C16H24N2O4/c1-11(19)18-14(16(2,3)21)15(20)17-9-12-5-7-13(8-6-12)10-22-4/h5-8,14,21H,9-10H2,1-4H3,(H,17,20)(H,18,19)/t14-/m0/s1. The zero-order valence-electron chi connectivity index (χ0n) is 13.5. The highest BCUT2D eigenvalue weighted by Gasteiger charge is 2.33. The Morgan fingerprint density at radius 1 is 1.23 bits per heavy atom. The van der Waals surface area contributed by atoms with E-state index in [1.807, 2.05) is 24.3 Å². The van der Waals surface area contributed by atoms with Crippen molar-refractivity contribution in [2.45, 2.75) is 45.6 Å². The molecule has 0 saturated heterocycles. The monoisotopic (exact) mass is 308 g/mol. The second-order valence-corrected chi connectivity index (χ2v) is 5.75. The predicted molar refractivity (Wildman–Crippen MR) is 82.9 cm³/mol. The fraction of sp³-hybridized carbons (Fsp3) is 0.500. The predicted octanol–water partition coefficient (Wildman–Crippen LogP) is 0.725. The molecule has 1 atom stereocenters. The van der Waals surface area contributed by atoms with Crippen LogP contribution in [0, 0.1) is 0 Å². The van der Waals surface area contributed by atoms with Crippen molar-refractivity contribution < 1.29 is 19.4 Å². The molecule has 0 aliphatic carbocycles. The van der Waals surface area contributed by atoms with Crippen molar-refractivity contribution in [1.29, 1.82) is 0 Å². The molecule has 0 heterocycles. The lowest BCUT2D eigenvalue weighted by Gasteiger charge is -2.28. The van der Waals surface area contributed by atoms with E-state index in [1.54, 1.807) is 7.11 Å². The van der Waals surface area contributed by atoms with Crippen LogP contribution in [0.15, 0.2) is 24.3 Å². The van der Waals surface area contributed by atoms with Crippen molar-refractivity contribution >= 4 is 11.8 Å². The molecule has 0 saturated carbocycles. The van der Waals surface area contributed by atoms with E-state index >= 15 is 0 Å². The zero-order chi connectivity index (χ0) is 16.8. The van der Waals surface area contributed by atoms with E-state index < -0.39 is 17.6 Å². The van der Waals surface area contributed by atoms with Crippen molar-refractivity contribution in [1.82, 2.24) is 10.6 Å². The molecular weight excluding hydrogens is 284 g/mol. The lowest BCUT2D eigenvalue weighted by Crippen LogP contribution is -2.57. The van der Waals surface area contributed by atoms with Crippen molar-refractivity contribution in [2.24, 2.45) is 0 Å². The number of amides is 2. The highest BCUT2D eigenvalue weighted by molar-refractivity contribution is 5.87. The summed E-state index contributed by atoms with van der Waals surface area (Å²) in [7, 11) is 1.63. The normalized spacial score (nSPS) is 12.6. The number of hydrogen-bond acceptors (Lipinski definition) is 4. The maximum absolute atomic E-state index is 12.2. The Morgan fingerprint density at radius 3 is 2.23 bits per heavy atom. The van der Waals surface area contributed by atoms with Crippen LogP contribution in [0.3, 0.4) is 0 Å². The molecule has 0 spiro atoms. The largest absolute Gasteiger partial charge is 0.388 e. The van der Waals surface area contributed by atoms with E-state index in [-0.39, 0.29) is 5.91 Å². The molecule has 0 aliphatic rings. The topological polar surface area (TPSA) is 87.7 Å². The molecule has 0 radical (unpaired) electrons. The Kier molecular flexibility index (Phi) is 6.52. The molecule has 0 unspecified atom stereocenters. The first kappa shape index (κ1) is 18.1. The van der Waals surface area contributed by atoms with Crippen molar-refractivity contribution in [3.8, 4) is 0 Å². The number of carbonyl (C=O) groups is 2. The molecule has 22 heavy (non-hydrogen) atoms. The third-order valence-corrected chi connectivity index (χ3v) is 3.12. The quantitative estimate of drug-likeness (QED) is 0.693. The summed E-state index contributed by atoms with van der Waals surface area (Å²) < 4.78 is 5.03. The van der Waals surface area contributed by atoms with E-state index in [2.05, 4.69) is 10.6 Å². The molecule has 1 aromatic carbocycles. The first-order chi connectivity index (χ1) is 10.2. The number of benzene rings is 1. The van der Waals surface area contributed by atoms with Gasteiger partial charge in [-0.2, -0.15) is 0 Å². The van der Waals surface area contributed by atoms with E-state index in [0.717, 1.165) is 11.1 Å². The van der Waals surface area contributed by atoms with Gasteiger partial charge in [-0.3, -0.25) is 9.59 Å². The lowest BCUT2D eigenvalue weighted by molar-refractivity contribution is -0.134. The molecule has 1 aromatic rings. The number of rotatable bonds is 7. The van der Waals surface area contributed by atoms with Crippen LogP contribution in [0.2, 0.25) is 0 Å². The van der Waals surface area contributed by atoms with Crippen LogP contribution in [0.5, 0.6) is 0 Å². The molecule has 0 fully saturated rings. The summed E-state index contributed by atoms with van der Waals surface area (Å²) in [6.07, 6.45) is 0. The number of nitrogens with one attached hydrogen (secondary N) is 2. The summed E-state index contributed by atoms with van der Waals surface area (Å²) >= 11 is 0. The Hall–Kier alpha value is -1.92. The second-order valence-electron chi connectivity index (χ2n) is 5.75. The van der Waals surface area contributed by atoms with Crippen LogP contribution < -0.4 is 10.6 Å². The maximum atomic E-state index is 12.2. The molecule has 1 rings (SSSR count). The summed E-state index contributed by atoms with van der Waals surface area (Å²) in [6, 6.07) is 6.63. The molecule has 0 bridgehead atoms. The molecule has 0 aromatic heterocycles. The highest BCUT2D eigenvalue weighted by atomic mass is 16.5. The van der Waals surface area contributed by atoms with Crippen molar-refractivity contribution in [3.05, 3.63) is 35.4 Å². The third-order valence-electron chi connectivity index (χ3n) is 3.12. The molecule has 3 N–H and O–H groups in total. The number of aliphatic hydroxyl groups is 1. The second kappa shape index (κ2) is 7.91. The molecule has 122 valence electrons. The van der Waals surface area contributed by atoms with Gasteiger partial charge in [-0.25, -0.2) is 0 Å². The van der Waals surface area contributed by atoms with Crippen LogP contribution in [0.25, 0.3) is 0 Å². The summed E-state index contributed by atoms with van der Waals surface area (Å²) in [6.45, 7) is 5.12. The van der Waals surface area contributed by atoms with Gasteiger partial charge in [0, 0.05) is 20.6 Å². The molecule has 2 amide bonds. The molecule has 0 aliphatic heterocycles. The fourth-order valence-electron chi connectivity index (χ4n) is 1.98. The minimum Gasteiger partial charge on any atom is -0.388 e. The summed E-state index contributed by atoms with van der Waals surface area (Å²) in [5.41, 5.74) is 0.619. The van der Waals surface area contributed by atoms with Gasteiger partial charge in [-0.1, -0.05) is 24.3 Å². The molecule has 6 nitrogen and oxygen atoms in total. The van der Waals surface area contributed by atoms with Gasteiger partial charge in [-0.15, -0.1) is 0 Å². The maximum Gasteiger partial charge on any atom is 0.245 e. The smallest absolute Gasteiger partial charge is 0.245 e. The Morgan fingerprint density at radius 2 is 1.77 bits per heavy atom. The SMILES string of the molecule is COCc1ccc(CNC(=O)[C@H](NC(C)=O)C(C)(C)O)cc1. The summed E-state index contributed by atoms with van der Waals surface area (Å²) in [4.78, 5) is 23.3. The summed E-state index contributed by atoms with van der Waals surface area (Å²) in [5, 5.41) is 15.2. The highest BCUT2D eigenvalue weighted by Crippen LogP contribution is 2.10. The number of hydrogen-bond donors (Lipinski definition) is 3. The molecular formula is C16H24N2O4. The molecule has 6 heteroatoms. The average molecular weight is 308 g/mol. The van der Waals surface area contributed by atoms with E-state index in [4.69, 9.17) is 4.74 Å². The summed E-state index contributed by atoms with van der Waals surface area (Å²) in [5.74, 6) is -0.796. The van der Waals surface area contributed by atoms with Crippen LogP contribution in [0.4, 0.5) is 0 Å². The average Bonchev–Trinajstić information content (AvgIpc) is 2.42. The number of carbonyl (C=O) groups excluding carboxylic acids is 2. The Labute approximate surface area is 130 Å². The van der Waals surface area contributed by atoms with Gasteiger partial charge in [0.05, 0.1) is 12.2 Å². The van der Waals surface area contributed by atoms with Gasteiger partial charge in [0.15, 0.2) is 0 Å². The Bertz CT molecular complexity index is 506. The number of methoxy groups -OCH3 is 1. The van der Waals surface area contributed by atoms with Crippen molar-refractivity contribution in [3.63, 3.8) is 0 Å². The van der Waals surface area contributed by atoms with Gasteiger partial charge in [0.25, 0.3) is 0 Å². The first-order valence-corrected chi connectivity index (χ1v) is 7.08. The van der Waals surface area contributed by atoms with E-state index in [0.29, 0.717) is 13.2 Å². The van der Waals surface area contributed by atoms with Gasteiger partial charge in [-0.05, 0) is 25.0 Å². The lowest BCUT2D eigenvalue weighted by atomic mass is 9.98. The number of ether oxygens (including phenoxy) is 1. The minimum atomic E-state index is -1.35. The van der Waals surface area contributed by atoms with Crippen LogP contribution in [-0.4, -0.2) is 35.7 Å². The van der Waals surface area contributed by atoms with E-state index in [1.165, 1.54) is 20.8 Å². The Balaban J connectivity index is 2.64. The van der Waals surface area contributed by atoms with Crippen LogP contribution >= 0.6 is 0 Å². The first-order valence-electron chi connectivity index (χ1n) is 7.08. The van der Waals surface area contributed by atoms with Crippen LogP contribution in [-0.2, 0) is 27.5 Å². The van der Waals surface area contributed by atoms with Crippen LogP contribution in [0.1, 0.15) is 31.9 Å². The van der Waals surface area contributed by atoms with E-state index in [9.17, 15) is 14.7 Å². The zero-order valence-corrected chi connectivity index (χ0v) is 13.5. The van der Waals surface area contributed by atoms with Gasteiger partial charge in [0.2, 0.25) is 11.8 Å².